The predicted molar refractivity (Wildman–Crippen MR) is 104 cm³/mol. The second-order valence-electron chi connectivity index (χ2n) is 8.35. The zero-order valence-electron chi connectivity index (χ0n) is 16.5. The number of nitrogens with zero attached hydrogens (tertiary/aromatic N) is 3. The lowest BCUT2D eigenvalue weighted by molar-refractivity contribution is 0.0600. The van der Waals surface area contributed by atoms with Gasteiger partial charge < -0.3 is 14.8 Å². The van der Waals surface area contributed by atoms with Gasteiger partial charge in [0.05, 0.1) is 5.69 Å². The highest BCUT2D eigenvalue weighted by Gasteiger charge is 2.33. The van der Waals surface area contributed by atoms with Crippen molar-refractivity contribution in [3.05, 3.63) is 17.2 Å². The summed E-state index contributed by atoms with van der Waals surface area (Å²) in [6.45, 7) is 3.76. The van der Waals surface area contributed by atoms with Crippen LogP contribution in [0.2, 0.25) is 0 Å². The third-order valence-electron chi connectivity index (χ3n) is 6.57. The summed E-state index contributed by atoms with van der Waals surface area (Å²) in [5.41, 5.74) is 1.51. The van der Waals surface area contributed by atoms with E-state index in [4.69, 9.17) is 0 Å². The molecule has 3 aliphatic rings. The van der Waals surface area contributed by atoms with Crippen LogP contribution in [0.1, 0.15) is 97.9 Å². The molecule has 0 spiro atoms. The lowest BCUT2D eigenvalue weighted by Crippen LogP contribution is -2.44. The molecule has 1 atom stereocenters. The largest absolute Gasteiger partial charge is 0.347 e. The van der Waals surface area contributed by atoms with Gasteiger partial charge in [0, 0.05) is 25.2 Å². The third kappa shape index (κ3) is 3.63. The third-order valence-corrected chi connectivity index (χ3v) is 6.57. The van der Waals surface area contributed by atoms with E-state index in [1.807, 2.05) is 9.47 Å². The van der Waals surface area contributed by atoms with Crippen LogP contribution in [-0.4, -0.2) is 44.9 Å². The van der Waals surface area contributed by atoms with Gasteiger partial charge in [-0.2, -0.15) is 0 Å². The van der Waals surface area contributed by atoms with Crippen LogP contribution in [0.4, 0.5) is 0 Å². The average molecular weight is 373 g/mol. The number of rotatable bonds is 4. The highest BCUT2D eigenvalue weighted by molar-refractivity contribution is 5.97. The maximum Gasteiger partial charge on any atom is 0.287 e. The summed E-state index contributed by atoms with van der Waals surface area (Å²) >= 11 is 0. The molecular weight excluding hydrogens is 340 g/mol. The minimum absolute atomic E-state index is 0.0344. The van der Waals surface area contributed by atoms with E-state index in [1.54, 1.807) is 0 Å². The minimum Gasteiger partial charge on any atom is -0.347 e. The topological polar surface area (TPSA) is 67.2 Å². The molecule has 1 aromatic heterocycles. The molecule has 27 heavy (non-hydrogen) atoms. The quantitative estimate of drug-likeness (QED) is 0.882. The van der Waals surface area contributed by atoms with Gasteiger partial charge in [0.1, 0.15) is 5.69 Å². The number of carbonyl (C=O) groups excluding carboxylic acids is 2. The average Bonchev–Trinajstić information content (AvgIpc) is 3.35. The molecule has 1 N–H and O–H groups in total. The molecule has 1 aliphatic carbocycles. The van der Waals surface area contributed by atoms with Crippen LogP contribution < -0.4 is 5.32 Å². The smallest absolute Gasteiger partial charge is 0.287 e. The van der Waals surface area contributed by atoms with E-state index in [2.05, 4.69) is 17.2 Å². The standard InChI is InChI=1S/C21H32N4O2/c1-2-16-11-5-7-13-24(16)21(27)18-17-12-6-8-14-25(17)19(23-18)20(26)22-15-9-3-4-10-15/h15-16H,2-14H2,1H3,(H,22,26). The first-order valence-electron chi connectivity index (χ1n) is 10.9. The Kier molecular flexibility index (Phi) is 5.50. The van der Waals surface area contributed by atoms with E-state index in [0.29, 0.717) is 17.6 Å². The van der Waals surface area contributed by atoms with E-state index >= 15 is 0 Å². The van der Waals surface area contributed by atoms with Crippen molar-refractivity contribution in [3.63, 3.8) is 0 Å². The van der Waals surface area contributed by atoms with Gasteiger partial charge in [-0.05, 0) is 57.8 Å². The number of hydrogen-bond acceptors (Lipinski definition) is 3. The molecule has 2 aliphatic heterocycles. The van der Waals surface area contributed by atoms with Gasteiger partial charge in [0.2, 0.25) is 0 Å². The van der Waals surface area contributed by atoms with Crippen molar-refractivity contribution in [2.75, 3.05) is 6.54 Å². The summed E-state index contributed by atoms with van der Waals surface area (Å²) in [5, 5.41) is 3.15. The number of likely N-dealkylation sites (tertiary alicyclic amines) is 1. The van der Waals surface area contributed by atoms with Crippen molar-refractivity contribution in [1.29, 1.82) is 0 Å². The molecule has 6 nitrogen and oxygen atoms in total. The van der Waals surface area contributed by atoms with Crippen LogP contribution >= 0.6 is 0 Å². The minimum atomic E-state index is -0.102. The van der Waals surface area contributed by atoms with Crippen LogP contribution in [0, 0.1) is 0 Å². The number of imidazole rings is 1. The van der Waals surface area contributed by atoms with Crippen LogP contribution in [-0.2, 0) is 13.0 Å². The molecule has 2 fully saturated rings. The zero-order chi connectivity index (χ0) is 18.8. The Labute approximate surface area is 161 Å². The Morgan fingerprint density at radius 3 is 2.56 bits per heavy atom. The SMILES string of the molecule is CCC1CCCCN1C(=O)c1nc(C(=O)NC2CCCC2)n2c1CCCC2. The summed E-state index contributed by atoms with van der Waals surface area (Å²) < 4.78 is 2.02. The monoisotopic (exact) mass is 372 g/mol. The number of fused-ring (bicyclic) bond motifs is 1. The molecule has 0 radical (unpaired) electrons. The summed E-state index contributed by atoms with van der Waals surface area (Å²) in [7, 11) is 0. The molecular formula is C21H32N4O2. The Bertz CT molecular complexity index is 705. The van der Waals surface area contributed by atoms with Gasteiger partial charge in [0.15, 0.2) is 5.82 Å². The summed E-state index contributed by atoms with van der Waals surface area (Å²) in [4.78, 5) is 32.9. The molecule has 2 amide bonds. The van der Waals surface area contributed by atoms with Crippen LogP contribution in [0.5, 0.6) is 0 Å². The molecule has 3 heterocycles. The van der Waals surface area contributed by atoms with Crippen LogP contribution in [0.25, 0.3) is 0 Å². The summed E-state index contributed by atoms with van der Waals surface area (Å²) in [6.07, 6.45) is 11.7. The van der Waals surface area contributed by atoms with Crippen molar-refractivity contribution in [2.45, 2.75) is 96.2 Å². The molecule has 1 saturated heterocycles. The number of amides is 2. The van der Waals surface area contributed by atoms with E-state index in [1.165, 1.54) is 19.3 Å². The number of carbonyl (C=O) groups is 2. The second kappa shape index (κ2) is 8.03. The van der Waals surface area contributed by atoms with Gasteiger partial charge >= 0.3 is 0 Å². The van der Waals surface area contributed by atoms with E-state index in [-0.39, 0.29) is 17.9 Å². The normalized spacial score (nSPS) is 23.3. The first-order chi connectivity index (χ1) is 13.2. The van der Waals surface area contributed by atoms with Gasteiger partial charge in [-0.25, -0.2) is 4.98 Å². The molecule has 0 bridgehead atoms. The first-order valence-corrected chi connectivity index (χ1v) is 10.9. The molecule has 148 valence electrons. The second-order valence-corrected chi connectivity index (χ2v) is 8.35. The van der Waals surface area contributed by atoms with Crippen molar-refractivity contribution in [3.8, 4) is 0 Å². The Balaban J connectivity index is 1.61. The fourth-order valence-corrected chi connectivity index (χ4v) is 5.04. The van der Waals surface area contributed by atoms with Gasteiger partial charge in [-0.1, -0.05) is 19.8 Å². The van der Waals surface area contributed by atoms with Crippen molar-refractivity contribution < 1.29 is 9.59 Å². The van der Waals surface area contributed by atoms with Gasteiger partial charge in [-0.3, -0.25) is 9.59 Å². The van der Waals surface area contributed by atoms with E-state index in [0.717, 1.165) is 70.2 Å². The van der Waals surface area contributed by atoms with Crippen molar-refractivity contribution >= 4 is 11.8 Å². The van der Waals surface area contributed by atoms with Crippen LogP contribution in [0.15, 0.2) is 0 Å². The summed E-state index contributed by atoms with van der Waals surface area (Å²) in [5.74, 6) is 0.381. The predicted octanol–water partition coefficient (Wildman–Crippen LogP) is 3.30. The first kappa shape index (κ1) is 18.5. The Hall–Kier alpha value is -1.85. The summed E-state index contributed by atoms with van der Waals surface area (Å²) in [6, 6.07) is 0.572. The fourth-order valence-electron chi connectivity index (χ4n) is 5.04. The highest BCUT2D eigenvalue weighted by atomic mass is 16.2. The van der Waals surface area contributed by atoms with Gasteiger partial charge in [0.25, 0.3) is 11.8 Å². The van der Waals surface area contributed by atoms with Crippen molar-refractivity contribution in [2.24, 2.45) is 0 Å². The van der Waals surface area contributed by atoms with E-state index in [9.17, 15) is 9.59 Å². The number of aromatic nitrogens is 2. The van der Waals surface area contributed by atoms with Crippen molar-refractivity contribution in [1.82, 2.24) is 19.8 Å². The Morgan fingerprint density at radius 1 is 1.04 bits per heavy atom. The fraction of sp³-hybridized carbons (Fsp3) is 0.762. The lowest BCUT2D eigenvalue weighted by atomic mass is 9.99. The molecule has 0 aromatic carbocycles. The Morgan fingerprint density at radius 2 is 1.78 bits per heavy atom. The zero-order valence-corrected chi connectivity index (χ0v) is 16.5. The molecule has 1 saturated carbocycles. The maximum atomic E-state index is 13.3. The van der Waals surface area contributed by atoms with Crippen LogP contribution in [0.3, 0.4) is 0 Å². The number of piperidine rings is 1. The highest BCUT2D eigenvalue weighted by Crippen LogP contribution is 2.27. The molecule has 1 unspecified atom stereocenters. The number of hydrogen-bond donors (Lipinski definition) is 1. The lowest BCUT2D eigenvalue weighted by Gasteiger charge is -2.35. The van der Waals surface area contributed by atoms with E-state index < -0.39 is 0 Å². The number of nitrogens with one attached hydrogen (secondary N) is 1. The maximum absolute atomic E-state index is 13.3. The van der Waals surface area contributed by atoms with Gasteiger partial charge in [-0.15, -0.1) is 0 Å². The molecule has 1 aromatic rings. The molecule has 4 rings (SSSR count). The molecule has 6 heteroatoms.